The van der Waals surface area contributed by atoms with Crippen molar-refractivity contribution in [3.05, 3.63) is 41.5 Å². The molecule has 1 atom stereocenters. The Labute approximate surface area is 163 Å². The summed E-state index contributed by atoms with van der Waals surface area (Å²) < 4.78 is 1.75. The molecule has 0 bridgehead atoms. The van der Waals surface area contributed by atoms with Crippen molar-refractivity contribution >= 4 is 28.5 Å². The average molecular weight is 387 g/mol. The molecule has 3 rings (SSSR count). The van der Waals surface area contributed by atoms with Gasteiger partial charge < -0.3 is 11.1 Å². The van der Waals surface area contributed by atoms with E-state index in [4.69, 9.17) is 5.73 Å². The highest BCUT2D eigenvalue weighted by molar-refractivity contribution is 8.13. The molecule has 7 nitrogen and oxygen atoms in total. The van der Waals surface area contributed by atoms with Gasteiger partial charge in [0, 0.05) is 11.9 Å². The van der Waals surface area contributed by atoms with Crippen LogP contribution in [0.4, 0.5) is 5.69 Å². The molecule has 0 aliphatic carbocycles. The second-order valence-corrected chi connectivity index (χ2v) is 9.11. The number of aryl methyl sites for hydroxylation is 1. The van der Waals surface area contributed by atoms with E-state index in [9.17, 15) is 4.79 Å². The van der Waals surface area contributed by atoms with E-state index >= 15 is 0 Å². The molecule has 0 saturated carbocycles. The molecule has 0 saturated heterocycles. The zero-order valence-electron chi connectivity index (χ0n) is 16.4. The highest BCUT2D eigenvalue weighted by Crippen LogP contribution is 2.35. The van der Waals surface area contributed by atoms with Crippen LogP contribution in [-0.4, -0.2) is 31.6 Å². The molecular formula is C19H26N6OS. The van der Waals surface area contributed by atoms with Gasteiger partial charge >= 0.3 is 0 Å². The first-order valence-corrected chi connectivity index (χ1v) is 9.89. The number of thioether (sulfide) groups is 1. The number of carbonyl (C=O) groups excluding carboxylic acids is 1. The van der Waals surface area contributed by atoms with Gasteiger partial charge in [0.2, 0.25) is 0 Å². The number of rotatable bonds is 3. The van der Waals surface area contributed by atoms with Crippen molar-refractivity contribution < 1.29 is 4.79 Å². The topological polar surface area (TPSA) is 98.2 Å². The molecule has 1 aliphatic rings. The lowest BCUT2D eigenvalue weighted by atomic mass is 9.91. The average Bonchev–Trinajstić information content (AvgIpc) is 2.97. The summed E-state index contributed by atoms with van der Waals surface area (Å²) in [7, 11) is 0. The van der Waals surface area contributed by atoms with E-state index in [1.54, 1.807) is 34.9 Å². The van der Waals surface area contributed by atoms with Crippen LogP contribution in [0, 0.1) is 6.92 Å². The van der Waals surface area contributed by atoms with Gasteiger partial charge in [-0.25, -0.2) is 0 Å². The lowest BCUT2D eigenvalue weighted by molar-refractivity contribution is 0.100. The number of hydrogen-bond acceptors (Lipinski definition) is 6. The van der Waals surface area contributed by atoms with Crippen molar-refractivity contribution in [1.29, 1.82) is 0 Å². The fourth-order valence-electron chi connectivity index (χ4n) is 3.07. The molecule has 3 heterocycles. The van der Waals surface area contributed by atoms with Gasteiger partial charge in [-0.15, -0.1) is 0 Å². The summed E-state index contributed by atoms with van der Waals surface area (Å²) in [6.45, 7) is 9.97. The summed E-state index contributed by atoms with van der Waals surface area (Å²) in [5.74, 6) is 0.698. The fraction of sp³-hybridized carbons (Fsp3) is 0.474. The van der Waals surface area contributed by atoms with Crippen LogP contribution in [0.3, 0.4) is 0 Å². The lowest BCUT2D eigenvalue weighted by Crippen LogP contribution is -2.30. The second-order valence-electron chi connectivity index (χ2n) is 7.99. The molecule has 8 heteroatoms. The van der Waals surface area contributed by atoms with Crippen molar-refractivity contribution in [1.82, 2.24) is 14.8 Å². The quantitative estimate of drug-likeness (QED) is 0.844. The van der Waals surface area contributed by atoms with Crippen LogP contribution in [0.2, 0.25) is 0 Å². The van der Waals surface area contributed by atoms with Crippen LogP contribution in [0.25, 0.3) is 0 Å². The summed E-state index contributed by atoms with van der Waals surface area (Å²) in [5, 5.41) is 7.99. The maximum Gasteiger partial charge on any atom is 0.274 e. The van der Waals surface area contributed by atoms with Gasteiger partial charge in [0.25, 0.3) is 5.91 Å². The third kappa shape index (κ3) is 4.16. The molecule has 0 fully saturated rings. The van der Waals surface area contributed by atoms with E-state index in [1.807, 2.05) is 40.7 Å². The number of aromatic nitrogens is 3. The molecule has 2 aromatic heterocycles. The maximum absolute atomic E-state index is 12.9. The lowest BCUT2D eigenvalue weighted by Gasteiger charge is -2.29. The number of carbonyl (C=O) groups is 1. The molecule has 0 aromatic carbocycles. The van der Waals surface area contributed by atoms with Crippen LogP contribution in [0.5, 0.6) is 0 Å². The Hall–Kier alpha value is -2.35. The zero-order valence-corrected chi connectivity index (χ0v) is 17.2. The van der Waals surface area contributed by atoms with Crippen molar-refractivity contribution in [2.45, 2.75) is 52.1 Å². The minimum Gasteiger partial charge on any atom is -0.379 e. The highest BCUT2D eigenvalue weighted by Gasteiger charge is 2.30. The zero-order chi connectivity index (χ0) is 19.8. The number of nitrogens with one attached hydrogen (secondary N) is 1. The van der Waals surface area contributed by atoms with Crippen molar-refractivity contribution in [3.8, 4) is 0 Å². The number of amidine groups is 1. The van der Waals surface area contributed by atoms with Crippen LogP contribution in [-0.2, 0) is 11.1 Å². The van der Waals surface area contributed by atoms with Gasteiger partial charge in [-0.05, 0) is 58.7 Å². The Bertz CT molecular complexity index is 898. The monoisotopic (exact) mass is 386 g/mol. The van der Waals surface area contributed by atoms with E-state index < -0.39 is 5.54 Å². The summed E-state index contributed by atoms with van der Waals surface area (Å²) in [4.78, 5) is 21.8. The number of nitrogens with zero attached hydrogens (tertiary/aromatic N) is 4. The Balaban J connectivity index is 1.88. The number of amides is 1. The molecule has 1 amide bonds. The number of pyridine rings is 1. The molecule has 144 valence electrons. The predicted octanol–water partition coefficient (Wildman–Crippen LogP) is 3.26. The minimum atomic E-state index is -0.424. The summed E-state index contributed by atoms with van der Waals surface area (Å²) in [6, 6.07) is 3.71. The normalized spacial score (nSPS) is 20.3. The Morgan fingerprint density at radius 1 is 1.33 bits per heavy atom. The molecule has 27 heavy (non-hydrogen) atoms. The van der Waals surface area contributed by atoms with Crippen molar-refractivity contribution in [2.75, 3.05) is 11.1 Å². The van der Waals surface area contributed by atoms with Gasteiger partial charge in [-0.1, -0.05) is 11.8 Å². The molecule has 2 aromatic rings. The van der Waals surface area contributed by atoms with E-state index in [-0.39, 0.29) is 11.4 Å². The Morgan fingerprint density at radius 2 is 2.07 bits per heavy atom. The summed E-state index contributed by atoms with van der Waals surface area (Å²) in [5.41, 5.74) is 8.09. The highest BCUT2D eigenvalue weighted by atomic mass is 32.2. The first-order valence-electron chi connectivity index (χ1n) is 8.91. The molecule has 0 spiro atoms. The largest absolute Gasteiger partial charge is 0.379 e. The van der Waals surface area contributed by atoms with Crippen molar-refractivity contribution in [3.63, 3.8) is 0 Å². The number of anilines is 1. The number of nitrogens with two attached hydrogens (primary N) is 1. The summed E-state index contributed by atoms with van der Waals surface area (Å²) in [6.07, 6.45) is 4.29. The predicted molar refractivity (Wildman–Crippen MR) is 110 cm³/mol. The number of aliphatic imine (C=N–C) groups is 1. The third-order valence-electron chi connectivity index (χ3n) is 4.51. The third-order valence-corrected chi connectivity index (χ3v) is 5.31. The molecular weight excluding hydrogens is 360 g/mol. The molecule has 0 radical (unpaired) electrons. The SMILES string of the molecule is Cc1cc(C(=O)Nc2cncc([C@]3(C)CCSC(N)=N3)c2)n(C(C)(C)C)n1. The molecule has 1 aliphatic heterocycles. The standard InChI is InChI=1S/C19H26N6OS/c1-12-8-15(25(24-12)18(2,3)4)16(26)22-14-9-13(10-21-11-14)19(5)6-7-27-17(20)23-19/h8-11H,6-7H2,1-5H3,(H2,20,23)(H,22,26)/t19-/m0/s1. The van der Waals surface area contributed by atoms with Crippen molar-refractivity contribution in [2.24, 2.45) is 10.7 Å². The second kappa shape index (κ2) is 6.99. The first kappa shape index (κ1) is 19.4. The smallest absolute Gasteiger partial charge is 0.274 e. The van der Waals surface area contributed by atoms with Gasteiger partial charge in [-0.3, -0.25) is 19.5 Å². The van der Waals surface area contributed by atoms with E-state index in [0.29, 0.717) is 16.5 Å². The van der Waals surface area contributed by atoms with E-state index in [2.05, 4.69) is 20.4 Å². The Kier molecular flexibility index (Phi) is 5.03. The van der Waals surface area contributed by atoms with Gasteiger partial charge in [0.1, 0.15) is 5.69 Å². The maximum atomic E-state index is 12.9. The molecule has 0 unspecified atom stereocenters. The number of hydrogen-bond donors (Lipinski definition) is 2. The van der Waals surface area contributed by atoms with Gasteiger partial charge in [-0.2, -0.15) is 5.10 Å². The van der Waals surface area contributed by atoms with Crippen LogP contribution >= 0.6 is 11.8 Å². The van der Waals surface area contributed by atoms with Crippen LogP contribution in [0.15, 0.2) is 29.5 Å². The van der Waals surface area contributed by atoms with Crippen LogP contribution < -0.4 is 11.1 Å². The minimum absolute atomic E-state index is 0.211. The fourth-order valence-corrected chi connectivity index (χ4v) is 4.04. The summed E-state index contributed by atoms with van der Waals surface area (Å²) >= 11 is 1.56. The van der Waals surface area contributed by atoms with Gasteiger partial charge in [0.15, 0.2) is 5.17 Å². The van der Waals surface area contributed by atoms with E-state index in [1.165, 1.54) is 0 Å². The molecule has 3 N–H and O–H groups in total. The Morgan fingerprint density at radius 3 is 2.74 bits per heavy atom. The van der Waals surface area contributed by atoms with Crippen LogP contribution in [0.1, 0.15) is 55.9 Å². The van der Waals surface area contributed by atoms with Gasteiger partial charge in [0.05, 0.1) is 28.7 Å². The van der Waals surface area contributed by atoms with E-state index in [0.717, 1.165) is 23.4 Å². The first-order chi connectivity index (χ1) is 12.6.